The zero-order valence-corrected chi connectivity index (χ0v) is 9.39. The molecule has 0 aromatic heterocycles. The molecule has 86 valence electrons. The molecule has 0 aliphatic heterocycles. The number of hydrogen-bond acceptors (Lipinski definition) is 2. The normalized spacial score (nSPS) is 9.88. The van der Waals surface area contributed by atoms with Gasteiger partial charge in [0.2, 0.25) is 5.91 Å². The van der Waals surface area contributed by atoms with Crippen LogP contribution in [-0.4, -0.2) is 5.91 Å². The van der Waals surface area contributed by atoms with Gasteiger partial charge in [0.15, 0.2) is 0 Å². The van der Waals surface area contributed by atoms with E-state index >= 15 is 0 Å². The first-order chi connectivity index (χ1) is 8.24. The fraction of sp³-hybridized carbons (Fsp3) is 0.0714. The van der Waals surface area contributed by atoms with Crippen molar-refractivity contribution < 1.29 is 4.79 Å². The molecule has 17 heavy (non-hydrogen) atoms. The Labute approximate surface area is 100 Å². The molecule has 0 saturated heterocycles. The average Bonchev–Trinajstić information content (AvgIpc) is 2.32. The molecule has 3 nitrogen and oxygen atoms in total. The molecule has 2 aromatic carbocycles. The topological polar surface area (TPSA) is 55.1 Å². The number of nitrogens with two attached hydrogens (primary N) is 1. The molecule has 3 heteroatoms. The van der Waals surface area contributed by atoms with Crippen molar-refractivity contribution in [1.82, 2.24) is 0 Å². The van der Waals surface area contributed by atoms with Crippen LogP contribution in [0, 0.1) is 0 Å². The fourth-order valence-corrected chi connectivity index (χ4v) is 1.60. The second-order valence-electron chi connectivity index (χ2n) is 3.83. The third kappa shape index (κ3) is 3.34. The molecule has 0 atom stereocenters. The van der Waals surface area contributed by atoms with Crippen LogP contribution in [0.2, 0.25) is 0 Å². The van der Waals surface area contributed by atoms with E-state index in [1.807, 2.05) is 54.6 Å². The van der Waals surface area contributed by atoms with E-state index in [2.05, 4.69) is 5.32 Å². The molecular weight excluding hydrogens is 212 g/mol. The third-order valence-corrected chi connectivity index (χ3v) is 2.39. The van der Waals surface area contributed by atoms with Gasteiger partial charge >= 0.3 is 0 Å². The van der Waals surface area contributed by atoms with Gasteiger partial charge in [0.25, 0.3) is 0 Å². The summed E-state index contributed by atoms with van der Waals surface area (Å²) in [5.74, 6) is -0.311. The molecular formula is C14H14N2O. The first-order valence-electron chi connectivity index (χ1n) is 5.43. The predicted octanol–water partition coefficient (Wildman–Crippen LogP) is 2.46. The molecule has 0 saturated carbocycles. The van der Waals surface area contributed by atoms with Gasteiger partial charge < -0.3 is 11.1 Å². The molecule has 2 rings (SSSR count). The van der Waals surface area contributed by atoms with Gasteiger partial charge in [-0.15, -0.1) is 0 Å². The minimum atomic E-state index is -0.311. The monoisotopic (exact) mass is 226 g/mol. The summed E-state index contributed by atoms with van der Waals surface area (Å²) in [6, 6.07) is 17.6. The number of nitrogens with one attached hydrogen (secondary N) is 1. The number of anilines is 2. The van der Waals surface area contributed by atoms with Crippen molar-refractivity contribution in [2.75, 3.05) is 5.32 Å². The zero-order chi connectivity index (χ0) is 12.1. The number of carbonyl (C=O) groups is 1. The Hall–Kier alpha value is -2.29. The smallest absolute Gasteiger partial charge is 0.221 e. The number of para-hydroxylation sites is 1. The average molecular weight is 226 g/mol. The molecule has 0 unspecified atom stereocenters. The Morgan fingerprint density at radius 1 is 0.941 bits per heavy atom. The van der Waals surface area contributed by atoms with E-state index in [1.165, 1.54) is 0 Å². The van der Waals surface area contributed by atoms with E-state index in [1.54, 1.807) is 0 Å². The van der Waals surface area contributed by atoms with E-state index in [9.17, 15) is 4.79 Å². The van der Waals surface area contributed by atoms with Crippen molar-refractivity contribution in [2.45, 2.75) is 6.42 Å². The summed E-state index contributed by atoms with van der Waals surface area (Å²) >= 11 is 0. The van der Waals surface area contributed by atoms with E-state index in [-0.39, 0.29) is 12.3 Å². The van der Waals surface area contributed by atoms with Crippen molar-refractivity contribution >= 4 is 17.3 Å². The first-order valence-corrected chi connectivity index (χ1v) is 5.43. The molecule has 0 bridgehead atoms. The summed E-state index contributed by atoms with van der Waals surface area (Å²) in [5, 5.41) is 3.27. The molecule has 0 aliphatic carbocycles. The van der Waals surface area contributed by atoms with E-state index in [4.69, 9.17) is 5.73 Å². The van der Waals surface area contributed by atoms with E-state index in [0.717, 1.165) is 16.9 Å². The standard InChI is InChI=1S/C14H14N2O/c15-14(17)10-11-6-8-13(9-7-11)16-12-4-2-1-3-5-12/h1-9,16H,10H2,(H2,15,17). The highest BCUT2D eigenvalue weighted by Crippen LogP contribution is 2.16. The highest BCUT2D eigenvalue weighted by atomic mass is 16.1. The first kappa shape index (κ1) is 11.2. The number of carbonyl (C=O) groups excluding carboxylic acids is 1. The zero-order valence-electron chi connectivity index (χ0n) is 9.39. The Morgan fingerprint density at radius 3 is 2.12 bits per heavy atom. The Kier molecular flexibility index (Phi) is 3.40. The number of amides is 1. The summed E-state index contributed by atoms with van der Waals surface area (Å²) in [7, 11) is 0. The van der Waals surface area contributed by atoms with Crippen molar-refractivity contribution in [3.8, 4) is 0 Å². The lowest BCUT2D eigenvalue weighted by Crippen LogP contribution is -2.13. The van der Waals surface area contributed by atoms with Gasteiger partial charge in [0, 0.05) is 11.4 Å². The van der Waals surface area contributed by atoms with Gasteiger partial charge in [0.1, 0.15) is 0 Å². The minimum Gasteiger partial charge on any atom is -0.369 e. The number of hydrogen-bond donors (Lipinski definition) is 2. The second-order valence-corrected chi connectivity index (χ2v) is 3.83. The minimum absolute atomic E-state index is 0.283. The molecule has 0 radical (unpaired) electrons. The van der Waals surface area contributed by atoms with Crippen molar-refractivity contribution in [2.24, 2.45) is 5.73 Å². The quantitative estimate of drug-likeness (QED) is 0.841. The molecule has 0 fully saturated rings. The van der Waals surface area contributed by atoms with Gasteiger partial charge in [-0.2, -0.15) is 0 Å². The van der Waals surface area contributed by atoms with Crippen LogP contribution in [0.25, 0.3) is 0 Å². The fourth-order valence-electron chi connectivity index (χ4n) is 1.60. The van der Waals surface area contributed by atoms with Crippen molar-refractivity contribution in [1.29, 1.82) is 0 Å². The van der Waals surface area contributed by atoms with Crippen LogP contribution in [0.3, 0.4) is 0 Å². The lowest BCUT2D eigenvalue weighted by atomic mass is 10.1. The van der Waals surface area contributed by atoms with Crippen LogP contribution in [0.15, 0.2) is 54.6 Å². The van der Waals surface area contributed by atoms with Crippen LogP contribution in [0.4, 0.5) is 11.4 Å². The highest BCUT2D eigenvalue weighted by Gasteiger charge is 1.98. The van der Waals surface area contributed by atoms with Gasteiger partial charge in [0.05, 0.1) is 6.42 Å². The maximum absolute atomic E-state index is 10.8. The van der Waals surface area contributed by atoms with Crippen LogP contribution in [0.1, 0.15) is 5.56 Å². The molecule has 0 heterocycles. The van der Waals surface area contributed by atoms with Crippen LogP contribution >= 0.6 is 0 Å². The van der Waals surface area contributed by atoms with Crippen molar-refractivity contribution in [3.05, 3.63) is 60.2 Å². The second kappa shape index (κ2) is 5.16. The SMILES string of the molecule is NC(=O)Cc1ccc(Nc2ccccc2)cc1. The van der Waals surface area contributed by atoms with Crippen LogP contribution in [-0.2, 0) is 11.2 Å². The van der Waals surface area contributed by atoms with Gasteiger partial charge in [-0.1, -0.05) is 30.3 Å². The summed E-state index contributed by atoms with van der Waals surface area (Å²) in [6.45, 7) is 0. The molecule has 0 aliphatic rings. The predicted molar refractivity (Wildman–Crippen MR) is 69.1 cm³/mol. The van der Waals surface area contributed by atoms with Crippen LogP contribution in [0.5, 0.6) is 0 Å². The lowest BCUT2D eigenvalue weighted by Gasteiger charge is -2.06. The molecule has 2 aromatic rings. The van der Waals surface area contributed by atoms with E-state index < -0.39 is 0 Å². The van der Waals surface area contributed by atoms with Gasteiger partial charge in [-0.3, -0.25) is 4.79 Å². The summed E-state index contributed by atoms with van der Waals surface area (Å²) < 4.78 is 0. The maximum Gasteiger partial charge on any atom is 0.221 e. The Bertz CT molecular complexity index is 491. The number of primary amides is 1. The largest absolute Gasteiger partial charge is 0.369 e. The lowest BCUT2D eigenvalue weighted by molar-refractivity contribution is -0.117. The van der Waals surface area contributed by atoms with E-state index in [0.29, 0.717) is 0 Å². The third-order valence-electron chi connectivity index (χ3n) is 2.39. The van der Waals surface area contributed by atoms with Crippen LogP contribution < -0.4 is 11.1 Å². The Balaban J connectivity index is 2.06. The van der Waals surface area contributed by atoms with Gasteiger partial charge in [-0.25, -0.2) is 0 Å². The number of benzene rings is 2. The van der Waals surface area contributed by atoms with Crippen molar-refractivity contribution in [3.63, 3.8) is 0 Å². The highest BCUT2D eigenvalue weighted by molar-refractivity contribution is 5.76. The summed E-state index contributed by atoms with van der Waals surface area (Å²) in [4.78, 5) is 10.8. The molecule has 1 amide bonds. The Morgan fingerprint density at radius 2 is 1.53 bits per heavy atom. The summed E-state index contributed by atoms with van der Waals surface area (Å²) in [6.07, 6.45) is 0.283. The molecule has 3 N–H and O–H groups in total. The van der Waals surface area contributed by atoms with Gasteiger partial charge in [-0.05, 0) is 29.8 Å². The maximum atomic E-state index is 10.8. The number of rotatable bonds is 4. The summed E-state index contributed by atoms with van der Waals surface area (Å²) in [5.41, 5.74) is 8.09. The molecule has 0 spiro atoms.